The number of carbonyl (C=O) groups excluding carboxylic acids is 1. The van der Waals surface area contributed by atoms with Crippen LogP contribution in [-0.4, -0.2) is 38.8 Å². The van der Waals surface area contributed by atoms with Gasteiger partial charge in [-0.2, -0.15) is 0 Å². The minimum atomic E-state index is -0.548. The molecule has 7 nitrogen and oxygen atoms in total. The summed E-state index contributed by atoms with van der Waals surface area (Å²) in [6.45, 7) is 0.824. The number of aromatic nitrogens is 2. The number of fused-ring (bicyclic) bond motifs is 1. The lowest BCUT2D eigenvalue weighted by atomic mass is 9.87. The predicted molar refractivity (Wildman–Crippen MR) is 110 cm³/mol. The number of piperidine rings is 1. The van der Waals surface area contributed by atoms with Crippen LogP contribution in [-0.2, 0) is 11.3 Å². The number of nitrogens with zero attached hydrogens (tertiary/aromatic N) is 2. The third-order valence-corrected chi connectivity index (χ3v) is 5.66. The van der Waals surface area contributed by atoms with E-state index in [0.29, 0.717) is 36.7 Å². The Morgan fingerprint density at radius 1 is 1.00 bits per heavy atom. The molecule has 2 aromatic carbocycles. The summed E-state index contributed by atoms with van der Waals surface area (Å²) >= 11 is 0. The quantitative estimate of drug-likeness (QED) is 0.705. The Labute approximate surface area is 167 Å². The molecule has 1 atom stereocenters. The first-order valence-electron chi connectivity index (χ1n) is 9.77. The molecule has 0 bridgehead atoms. The van der Waals surface area contributed by atoms with Crippen molar-refractivity contribution in [2.24, 2.45) is 5.92 Å². The number of rotatable bonds is 4. The number of aromatic amines is 1. The van der Waals surface area contributed by atoms with Gasteiger partial charge in [0.25, 0.3) is 11.1 Å². The predicted octanol–water partition coefficient (Wildman–Crippen LogP) is 1.66. The summed E-state index contributed by atoms with van der Waals surface area (Å²) in [7, 11) is 0. The lowest BCUT2D eigenvalue weighted by Gasteiger charge is -2.34. The van der Waals surface area contributed by atoms with Crippen molar-refractivity contribution >= 4 is 16.7 Å². The van der Waals surface area contributed by atoms with Gasteiger partial charge in [0, 0.05) is 13.1 Å². The van der Waals surface area contributed by atoms with E-state index in [2.05, 4.69) is 5.10 Å². The summed E-state index contributed by atoms with van der Waals surface area (Å²) in [6.07, 6.45) is 0.823. The smallest absolute Gasteiger partial charge is 0.273 e. The van der Waals surface area contributed by atoms with Crippen molar-refractivity contribution in [3.63, 3.8) is 0 Å². The fourth-order valence-corrected chi connectivity index (χ4v) is 3.98. The van der Waals surface area contributed by atoms with E-state index in [4.69, 9.17) is 0 Å². The third-order valence-electron chi connectivity index (χ3n) is 5.66. The van der Waals surface area contributed by atoms with Gasteiger partial charge in [-0.15, -0.1) is 0 Å². The minimum absolute atomic E-state index is 0.0876. The Kier molecular flexibility index (Phi) is 5.31. The zero-order chi connectivity index (χ0) is 20.4. The molecular formula is C22H23N3O4. The highest BCUT2D eigenvalue weighted by molar-refractivity contribution is 5.81. The van der Waals surface area contributed by atoms with E-state index < -0.39 is 11.7 Å². The number of H-pyrrole nitrogens is 1. The Morgan fingerprint density at radius 3 is 2.31 bits per heavy atom. The van der Waals surface area contributed by atoms with Crippen LogP contribution in [0.5, 0.6) is 0 Å². The number of carbonyl (C=O) groups is 1. The number of hydrogen-bond donors (Lipinski definition) is 2. The van der Waals surface area contributed by atoms with Gasteiger partial charge in [0.2, 0.25) is 5.91 Å². The van der Waals surface area contributed by atoms with Crippen molar-refractivity contribution in [2.75, 3.05) is 13.1 Å². The Balaban J connectivity index is 1.43. The van der Waals surface area contributed by atoms with Crippen LogP contribution in [0.2, 0.25) is 0 Å². The van der Waals surface area contributed by atoms with Gasteiger partial charge < -0.3 is 10.0 Å². The third kappa shape index (κ3) is 3.86. The molecule has 4 rings (SSSR count). The summed E-state index contributed by atoms with van der Waals surface area (Å²) in [6, 6.07) is 16.1. The fraction of sp³-hybridized carbons (Fsp3) is 0.318. The van der Waals surface area contributed by atoms with Crippen molar-refractivity contribution in [3.8, 4) is 0 Å². The van der Waals surface area contributed by atoms with Crippen molar-refractivity contribution in [1.82, 2.24) is 14.7 Å². The van der Waals surface area contributed by atoms with Gasteiger partial charge in [0.1, 0.15) is 6.54 Å². The molecule has 1 aliphatic heterocycles. The van der Waals surface area contributed by atoms with Crippen molar-refractivity contribution < 1.29 is 9.90 Å². The van der Waals surface area contributed by atoms with Crippen LogP contribution >= 0.6 is 0 Å². The molecule has 1 fully saturated rings. The van der Waals surface area contributed by atoms with Crippen molar-refractivity contribution in [2.45, 2.75) is 25.5 Å². The first kappa shape index (κ1) is 19.1. The van der Waals surface area contributed by atoms with E-state index in [0.717, 1.165) is 10.2 Å². The molecule has 1 amide bonds. The zero-order valence-electron chi connectivity index (χ0n) is 16.0. The van der Waals surface area contributed by atoms with E-state index in [9.17, 15) is 19.5 Å². The molecule has 0 spiro atoms. The van der Waals surface area contributed by atoms with E-state index in [1.165, 1.54) is 0 Å². The maximum atomic E-state index is 12.7. The van der Waals surface area contributed by atoms with Crippen LogP contribution < -0.4 is 11.1 Å². The number of nitrogens with one attached hydrogen (secondary N) is 1. The fourth-order valence-electron chi connectivity index (χ4n) is 3.98. The monoisotopic (exact) mass is 393 g/mol. The molecule has 29 heavy (non-hydrogen) atoms. The second-order valence-corrected chi connectivity index (χ2v) is 7.45. The summed E-state index contributed by atoms with van der Waals surface area (Å²) in [5, 5.41) is 13.7. The van der Waals surface area contributed by atoms with Gasteiger partial charge in [-0.05, 0) is 36.5 Å². The number of aliphatic hydroxyl groups is 1. The van der Waals surface area contributed by atoms with Crippen molar-refractivity contribution in [3.05, 3.63) is 80.9 Å². The first-order chi connectivity index (χ1) is 14.0. The van der Waals surface area contributed by atoms with Gasteiger partial charge in [-0.25, -0.2) is 4.68 Å². The normalized spacial score (nSPS) is 16.1. The summed E-state index contributed by atoms with van der Waals surface area (Å²) in [5.74, 6) is -0.129. The van der Waals surface area contributed by atoms with Crippen LogP contribution in [0.1, 0.15) is 24.5 Å². The van der Waals surface area contributed by atoms with Crippen LogP contribution in [0.25, 0.3) is 10.8 Å². The second kappa shape index (κ2) is 8.05. The maximum Gasteiger partial charge on any atom is 0.273 e. The molecule has 1 aromatic heterocycles. The van der Waals surface area contributed by atoms with E-state index in [1.807, 2.05) is 30.3 Å². The zero-order valence-corrected chi connectivity index (χ0v) is 16.0. The Hall–Kier alpha value is -3.19. The number of benzene rings is 2. The number of aliphatic hydroxyl groups excluding tert-OH is 1. The number of amides is 1. The van der Waals surface area contributed by atoms with E-state index in [-0.39, 0.29) is 23.9 Å². The molecule has 0 saturated carbocycles. The average Bonchev–Trinajstić information content (AvgIpc) is 2.77. The van der Waals surface area contributed by atoms with Crippen LogP contribution in [0.15, 0.2) is 64.2 Å². The topological polar surface area (TPSA) is 95.4 Å². The molecule has 150 valence electrons. The van der Waals surface area contributed by atoms with Gasteiger partial charge in [0.05, 0.1) is 16.9 Å². The number of likely N-dealkylation sites (tertiary alicyclic amines) is 1. The summed E-state index contributed by atoms with van der Waals surface area (Å²) in [4.78, 5) is 39.2. The molecule has 1 aliphatic rings. The molecule has 0 aliphatic carbocycles. The van der Waals surface area contributed by atoms with Gasteiger partial charge in [-0.1, -0.05) is 42.5 Å². The van der Waals surface area contributed by atoms with Gasteiger partial charge >= 0.3 is 0 Å². The number of hydrogen-bond acceptors (Lipinski definition) is 4. The average molecular weight is 393 g/mol. The summed E-state index contributed by atoms with van der Waals surface area (Å²) in [5.41, 5.74) is 0.109. The SMILES string of the molecule is O=C(Cn1[nH]c(=O)c2ccccc2c1=O)N1CCC(C(O)c2ccccc2)CC1. The highest BCUT2D eigenvalue weighted by Gasteiger charge is 2.28. The lowest BCUT2D eigenvalue weighted by Crippen LogP contribution is -2.43. The molecular weight excluding hydrogens is 370 g/mol. The first-order valence-corrected chi connectivity index (χ1v) is 9.77. The molecule has 0 radical (unpaired) electrons. The second-order valence-electron chi connectivity index (χ2n) is 7.45. The lowest BCUT2D eigenvalue weighted by molar-refractivity contribution is -0.134. The maximum absolute atomic E-state index is 12.7. The molecule has 2 heterocycles. The van der Waals surface area contributed by atoms with Gasteiger partial charge in [0.15, 0.2) is 0 Å². The Morgan fingerprint density at radius 2 is 1.62 bits per heavy atom. The molecule has 2 N–H and O–H groups in total. The standard InChI is InChI=1S/C22H23N3O4/c26-19(14-25-22(29)18-9-5-4-8-17(18)21(28)23-25)24-12-10-16(11-13-24)20(27)15-6-2-1-3-7-15/h1-9,16,20,27H,10-14H2,(H,23,28). The largest absolute Gasteiger partial charge is 0.388 e. The molecule has 1 saturated heterocycles. The van der Waals surface area contributed by atoms with Gasteiger partial charge in [-0.3, -0.25) is 19.5 Å². The van der Waals surface area contributed by atoms with E-state index >= 15 is 0 Å². The molecule has 3 aromatic rings. The van der Waals surface area contributed by atoms with Crippen LogP contribution in [0.3, 0.4) is 0 Å². The highest BCUT2D eigenvalue weighted by Crippen LogP contribution is 2.30. The van der Waals surface area contributed by atoms with Crippen molar-refractivity contribution in [1.29, 1.82) is 0 Å². The summed E-state index contributed by atoms with van der Waals surface area (Å²) < 4.78 is 1.08. The van der Waals surface area contributed by atoms with Crippen LogP contribution in [0, 0.1) is 5.92 Å². The Bertz CT molecular complexity index is 1130. The highest BCUT2D eigenvalue weighted by atomic mass is 16.3. The van der Waals surface area contributed by atoms with Crippen LogP contribution in [0.4, 0.5) is 0 Å². The van der Waals surface area contributed by atoms with E-state index in [1.54, 1.807) is 29.2 Å². The minimum Gasteiger partial charge on any atom is -0.388 e. The molecule has 1 unspecified atom stereocenters. The molecule has 7 heteroatoms.